The second kappa shape index (κ2) is 14.2. The van der Waals surface area contributed by atoms with E-state index in [9.17, 15) is 18.3 Å². The lowest BCUT2D eigenvalue weighted by Crippen LogP contribution is -2.47. The molecule has 4 heterocycles. The molecule has 2 aromatic carbocycles. The zero-order valence-electron chi connectivity index (χ0n) is 30.3. The van der Waals surface area contributed by atoms with Crippen molar-refractivity contribution >= 4 is 27.7 Å². The highest BCUT2D eigenvalue weighted by atomic mass is 32.2. The first kappa shape index (κ1) is 36.2. The van der Waals surface area contributed by atoms with Gasteiger partial charge < -0.3 is 19.6 Å². The fraction of sp³-hybridized carbons (Fsp3) is 0.436. The number of fused-ring (bicyclic) bond motifs is 4. The smallest absolute Gasteiger partial charge is 0.264 e. The lowest BCUT2D eigenvalue weighted by atomic mass is 9.87. The van der Waals surface area contributed by atoms with Crippen molar-refractivity contribution in [2.75, 3.05) is 29.4 Å². The van der Waals surface area contributed by atoms with E-state index >= 15 is 0 Å². The van der Waals surface area contributed by atoms with Gasteiger partial charge in [-0.3, -0.25) is 4.79 Å². The van der Waals surface area contributed by atoms with E-state index in [2.05, 4.69) is 47.3 Å². The number of aryl methyl sites for hydroxylation is 2. The van der Waals surface area contributed by atoms with E-state index in [-0.39, 0.29) is 58.9 Å². The van der Waals surface area contributed by atoms with Crippen molar-refractivity contribution in [3.8, 4) is 17.1 Å². The van der Waals surface area contributed by atoms with Gasteiger partial charge in [-0.2, -0.15) is 4.98 Å². The number of carbonyl (C=O) groups excluding carboxylic acids is 1. The summed E-state index contributed by atoms with van der Waals surface area (Å²) in [6.07, 6.45) is 3.20. The average molecular weight is 713 g/mol. The predicted molar refractivity (Wildman–Crippen MR) is 198 cm³/mol. The lowest BCUT2D eigenvalue weighted by molar-refractivity contribution is 0.0509. The number of sulfonamides is 1. The van der Waals surface area contributed by atoms with E-state index in [1.54, 1.807) is 23.1 Å². The zero-order chi connectivity index (χ0) is 36.6. The minimum Gasteiger partial charge on any atom is -0.475 e. The third-order valence-corrected chi connectivity index (χ3v) is 11.3. The van der Waals surface area contributed by atoms with Crippen LogP contribution in [0.4, 0.5) is 11.8 Å². The van der Waals surface area contributed by atoms with Gasteiger partial charge in [-0.1, -0.05) is 58.0 Å². The molecule has 1 unspecified atom stereocenters. The molecule has 0 saturated carbocycles. The fourth-order valence-corrected chi connectivity index (χ4v) is 8.36. The summed E-state index contributed by atoms with van der Waals surface area (Å²) in [5.74, 6) is 0.477. The third-order valence-electron chi connectivity index (χ3n) is 9.98. The molecule has 4 aromatic rings. The van der Waals surface area contributed by atoms with Crippen molar-refractivity contribution in [3.63, 3.8) is 0 Å². The molecule has 12 heteroatoms. The summed E-state index contributed by atoms with van der Waals surface area (Å²) in [4.78, 5) is 32.6. The van der Waals surface area contributed by atoms with Gasteiger partial charge in [0.1, 0.15) is 12.4 Å². The quantitative estimate of drug-likeness (QED) is 0.219. The maximum atomic E-state index is 14.6. The lowest BCUT2D eigenvalue weighted by Gasteiger charge is -2.38. The van der Waals surface area contributed by atoms with Crippen molar-refractivity contribution < 1.29 is 23.1 Å². The SMILES string of the molecule is CCC1(CO)CCCN1c1cccc(CN2C(=O)c3cccc(c3)S(=O)(=O)Nc3nc(cc(-c4c(C)cccc4C)n3)OC[C@H]2CC(C)(C)C)n1. The molecule has 2 aromatic heterocycles. The highest BCUT2D eigenvalue weighted by molar-refractivity contribution is 7.92. The van der Waals surface area contributed by atoms with Gasteiger partial charge in [0.05, 0.1) is 41.0 Å². The molecule has 11 nitrogen and oxygen atoms in total. The zero-order valence-corrected chi connectivity index (χ0v) is 31.1. The maximum absolute atomic E-state index is 14.6. The Hall–Kier alpha value is -4.55. The number of nitrogens with one attached hydrogen (secondary N) is 1. The molecule has 270 valence electrons. The first-order chi connectivity index (χ1) is 24.2. The Kier molecular flexibility index (Phi) is 10.1. The monoisotopic (exact) mass is 712 g/mol. The predicted octanol–water partition coefficient (Wildman–Crippen LogP) is 6.54. The minimum absolute atomic E-state index is 0.0367. The highest BCUT2D eigenvalue weighted by Crippen LogP contribution is 2.36. The largest absolute Gasteiger partial charge is 0.475 e. The molecule has 51 heavy (non-hydrogen) atoms. The molecule has 2 N–H and O–H groups in total. The number of anilines is 2. The van der Waals surface area contributed by atoms with Crippen LogP contribution in [0.2, 0.25) is 0 Å². The van der Waals surface area contributed by atoms with E-state index in [1.807, 2.05) is 50.2 Å². The van der Waals surface area contributed by atoms with Gasteiger partial charge in [-0.15, -0.1) is 0 Å². The van der Waals surface area contributed by atoms with Crippen LogP contribution in [0, 0.1) is 19.3 Å². The number of carbonyl (C=O) groups is 1. The van der Waals surface area contributed by atoms with Crippen molar-refractivity contribution in [3.05, 3.63) is 89.1 Å². The molecule has 2 aliphatic rings. The number of pyridine rings is 1. The van der Waals surface area contributed by atoms with E-state index in [1.165, 1.54) is 12.1 Å². The summed E-state index contributed by atoms with van der Waals surface area (Å²) in [5.41, 5.74) is 3.64. The van der Waals surface area contributed by atoms with Crippen LogP contribution in [0.5, 0.6) is 5.88 Å². The van der Waals surface area contributed by atoms with Crippen molar-refractivity contribution in [2.45, 2.75) is 90.2 Å². The van der Waals surface area contributed by atoms with Gasteiger partial charge in [0, 0.05) is 23.7 Å². The van der Waals surface area contributed by atoms with Crippen LogP contribution in [0.1, 0.15) is 80.6 Å². The average Bonchev–Trinajstić information content (AvgIpc) is 3.53. The number of hydrogen-bond donors (Lipinski definition) is 2. The van der Waals surface area contributed by atoms with E-state index < -0.39 is 16.1 Å². The van der Waals surface area contributed by atoms with E-state index in [0.717, 1.165) is 48.3 Å². The number of hydrogen-bond acceptors (Lipinski definition) is 9. The molecular formula is C39H48N6O5S. The Bertz CT molecular complexity index is 2000. The molecule has 2 aliphatic heterocycles. The molecule has 4 bridgehead atoms. The van der Waals surface area contributed by atoms with E-state index in [0.29, 0.717) is 17.8 Å². The molecule has 6 rings (SSSR count). The number of benzene rings is 2. The normalized spacial score (nSPS) is 20.5. The molecule has 0 spiro atoms. The Morgan fingerprint density at radius 3 is 2.43 bits per heavy atom. The van der Waals surface area contributed by atoms with Crippen LogP contribution < -0.4 is 14.4 Å². The van der Waals surface area contributed by atoms with Crippen LogP contribution in [0.25, 0.3) is 11.3 Å². The third kappa shape index (κ3) is 7.72. The van der Waals surface area contributed by atoms with E-state index in [4.69, 9.17) is 9.72 Å². The Balaban J connectivity index is 1.46. The Labute approximate surface area is 301 Å². The van der Waals surface area contributed by atoms with Crippen LogP contribution in [-0.4, -0.2) is 70.6 Å². The summed E-state index contributed by atoms with van der Waals surface area (Å²) in [7, 11) is -4.19. The summed E-state index contributed by atoms with van der Waals surface area (Å²) in [5, 5.41) is 10.4. The molecule has 1 amide bonds. The second-order valence-electron chi connectivity index (χ2n) is 15.0. The molecule has 2 atom stereocenters. The highest BCUT2D eigenvalue weighted by Gasteiger charge is 2.40. The van der Waals surface area contributed by atoms with Crippen molar-refractivity contribution in [1.29, 1.82) is 0 Å². The molecule has 0 radical (unpaired) electrons. The number of rotatable bonds is 7. The van der Waals surface area contributed by atoms with Gasteiger partial charge in [0.2, 0.25) is 11.8 Å². The number of aliphatic hydroxyl groups is 1. The minimum atomic E-state index is -4.19. The second-order valence-corrected chi connectivity index (χ2v) is 16.6. The summed E-state index contributed by atoms with van der Waals surface area (Å²) >= 11 is 0. The topological polar surface area (TPSA) is 138 Å². The number of amides is 1. The molecule has 1 saturated heterocycles. The van der Waals surface area contributed by atoms with Crippen molar-refractivity contribution in [1.82, 2.24) is 19.9 Å². The molecule has 1 fully saturated rings. The van der Waals surface area contributed by atoms with Crippen LogP contribution in [0.15, 0.2) is 71.6 Å². The number of ether oxygens (including phenoxy) is 1. The number of aromatic nitrogens is 3. The summed E-state index contributed by atoms with van der Waals surface area (Å²) in [6.45, 7) is 13.4. The number of nitrogens with zero attached hydrogens (tertiary/aromatic N) is 5. The van der Waals surface area contributed by atoms with Gasteiger partial charge >= 0.3 is 0 Å². The van der Waals surface area contributed by atoms with Gasteiger partial charge in [-0.05, 0) is 86.4 Å². The van der Waals surface area contributed by atoms with Gasteiger partial charge in [0.25, 0.3) is 15.9 Å². The first-order valence-corrected chi connectivity index (χ1v) is 19.1. The van der Waals surface area contributed by atoms with Crippen LogP contribution in [0.3, 0.4) is 0 Å². The van der Waals surface area contributed by atoms with Crippen molar-refractivity contribution in [2.24, 2.45) is 5.41 Å². The standard InChI is InChI=1S/C39H48N6O5S/c1-7-39(25-46)18-11-19-45(39)33-17-10-15-29(40-33)23-44-30(22-38(4,5)6)24-50-34-21-32(35-26(2)12-8-13-27(35)3)41-37(42-34)43-51(48,49)31-16-9-14-28(20-31)36(44)47/h8-10,12-17,20-21,30,46H,7,11,18-19,22-25H2,1-6H3,(H,41,42,43)/t30-,39?/m1/s1. The fourth-order valence-electron chi connectivity index (χ4n) is 7.37. The summed E-state index contributed by atoms with van der Waals surface area (Å²) in [6, 6.07) is 19.0. The van der Waals surface area contributed by atoms with Crippen LogP contribution in [-0.2, 0) is 16.6 Å². The maximum Gasteiger partial charge on any atom is 0.264 e. The summed E-state index contributed by atoms with van der Waals surface area (Å²) < 4.78 is 36.5. The molecule has 0 aliphatic carbocycles. The first-order valence-electron chi connectivity index (χ1n) is 17.6. The number of aliphatic hydroxyl groups excluding tert-OH is 1. The van der Waals surface area contributed by atoms with Crippen LogP contribution >= 0.6 is 0 Å². The Morgan fingerprint density at radius 1 is 1.00 bits per heavy atom. The van der Waals surface area contributed by atoms with Gasteiger partial charge in [0.15, 0.2) is 0 Å². The Morgan fingerprint density at radius 2 is 1.73 bits per heavy atom. The van der Waals surface area contributed by atoms with Gasteiger partial charge in [-0.25, -0.2) is 23.1 Å². The molecular weight excluding hydrogens is 665 g/mol.